The molecule has 1 aliphatic heterocycles. The van der Waals surface area contributed by atoms with Gasteiger partial charge in [0.2, 0.25) is 5.95 Å². The van der Waals surface area contributed by atoms with E-state index >= 15 is 0 Å². The molecule has 0 radical (unpaired) electrons. The average molecular weight is 329 g/mol. The van der Waals surface area contributed by atoms with Gasteiger partial charge in [0.1, 0.15) is 17.4 Å². The maximum absolute atomic E-state index is 9.62. The van der Waals surface area contributed by atoms with Crippen LogP contribution in [0.4, 0.5) is 5.95 Å². The third kappa shape index (κ3) is 3.44. The van der Waals surface area contributed by atoms with Gasteiger partial charge < -0.3 is 19.9 Å². The first kappa shape index (κ1) is 15.6. The molecular formula is C18H23N3O3. The van der Waals surface area contributed by atoms with Crippen LogP contribution in [0.3, 0.4) is 0 Å². The molecule has 1 saturated carbocycles. The van der Waals surface area contributed by atoms with Crippen LogP contribution in [0, 0.1) is 0 Å². The number of fused-ring (bicyclic) bond motifs is 1. The van der Waals surface area contributed by atoms with E-state index in [0.717, 1.165) is 55.4 Å². The summed E-state index contributed by atoms with van der Waals surface area (Å²) < 4.78 is 11.5. The van der Waals surface area contributed by atoms with Gasteiger partial charge in [0.25, 0.3) is 0 Å². The van der Waals surface area contributed by atoms with Crippen molar-refractivity contribution in [1.82, 2.24) is 9.97 Å². The number of nitrogens with zero attached hydrogens (tertiary/aromatic N) is 2. The van der Waals surface area contributed by atoms with Crippen LogP contribution >= 0.6 is 0 Å². The Kier molecular flexibility index (Phi) is 4.49. The minimum absolute atomic E-state index is 0.0989. The number of anilines is 1. The Hall–Kier alpha value is -1.92. The Morgan fingerprint density at radius 2 is 2.04 bits per heavy atom. The first-order valence-electron chi connectivity index (χ1n) is 8.73. The third-order valence-corrected chi connectivity index (χ3v) is 4.79. The summed E-state index contributed by atoms with van der Waals surface area (Å²) >= 11 is 0. The first-order valence-corrected chi connectivity index (χ1v) is 8.73. The second-order valence-corrected chi connectivity index (χ2v) is 6.64. The number of rotatable bonds is 4. The lowest BCUT2D eigenvalue weighted by Crippen LogP contribution is -2.28. The quantitative estimate of drug-likeness (QED) is 0.897. The number of hydrogen-bond acceptors (Lipinski definition) is 6. The lowest BCUT2D eigenvalue weighted by molar-refractivity contribution is 0.126. The fourth-order valence-corrected chi connectivity index (χ4v) is 3.38. The molecule has 2 fully saturated rings. The highest BCUT2D eigenvalue weighted by Crippen LogP contribution is 2.27. The van der Waals surface area contributed by atoms with Gasteiger partial charge in [0.05, 0.1) is 19.3 Å². The van der Waals surface area contributed by atoms with Crippen molar-refractivity contribution < 1.29 is 14.6 Å². The zero-order valence-corrected chi connectivity index (χ0v) is 13.6. The van der Waals surface area contributed by atoms with Gasteiger partial charge in [0, 0.05) is 24.0 Å². The predicted molar refractivity (Wildman–Crippen MR) is 91.3 cm³/mol. The fourth-order valence-electron chi connectivity index (χ4n) is 3.38. The second-order valence-electron chi connectivity index (χ2n) is 6.64. The van der Waals surface area contributed by atoms with E-state index in [-0.39, 0.29) is 12.2 Å². The number of ether oxygens (including phenoxy) is 2. The van der Waals surface area contributed by atoms with Crippen LogP contribution in [0.5, 0.6) is 5.75 Å². The molecule has 1 saturated heterocycles. The summed E-state index contributed by atoms with van der Waals surface area (Å²) in [7, 11) is 0. The van der Waals surface area contributed by atoms with E-state index in [2.05, 4.69) is 15.3 Å². The smallest absolute Gasteiger partial charge is 0.223 e. The molecule has 0 amide bonds. The Morgan fingerprint density at radius 1 is 1.17 bits per heavy atom. The molecule has 1 aromatic carbocycles. The van der Waals surface area contributed by atoms with Crippen molar-refractivity contribution in [1.29, 1.82) is 0 Å². The molecule has 6 heteroatoms. The zero-order valence-electron chi connectivity index (χ0n) is 13.6. The molecule has 6 nitrogen and oxygen atoms in total. The van der Waals surface area contributed by atoms with E-state index in [1.54, 1.807) is 0 Å². The molecule has 2 aliphatic rings. The summed E-state index contributed by atoms with van der Waals surface area (Å²) in [6.45, 7) is 1.39. The summed E-state index contributed by atoms with van der Waals surface area (Å²) in [6, 6.07) is 6.23. The molecule has 2 heterocycles. The van der Waals surface area contributed by atoms with Crippen molar-refractivity contribution >= 4 is 16.9 Å². The highest BCUT2D eigenvalue weighted by atomic mass is 16.5. The van der Waals surface area contributed by atoms with E-state index in [0.29, 0.717) is 18.6 Å². The van der Waals surface area contributed by atoms with Gasteiger partial charge in [-0.05, 0) is 31.7 Å². The summed E-state index contributed by atoms with van der Waals surface area (Å²) in [5.74, 6) is 1.41. The highest BCUT2D eigenvalue weighted by Gasteiger charge is 2.21. The predicted octanol–water partition coefficient (Wildman–Crippen LogP) is 2.51. The summed E-state index contributed by atoms with van der Waals surface area (Å²) in [4.78, 5) is 9.11. The van der Waals surface area contributed by atoms with Gasteiger partial charge in [0.15, 0.2) is 0 Å². The first-order chi connectivity index (χ1) is 11.8. The van der Waals surface area contributed by atoms with Crippen LogP contribution in [0.2, 0.25) is 0 Å². The van der Waals surface area contributed by atoms with Crippen molar-refractivity contribution in [2.24, 2.45) is 0 Å². The maximum Gasteiger partial charge on any atom is 0.223 e. The summed E-state index contributed by atoms with van der Waals surface area (Å²) in [6.07, 6.45) is 6.25. The van der Waals surface area contributed by atoms with Crippen molar-refractivity contribution in [2.75, 3.05) is 18.5 Å². The lowest BCUT2D eigenvalue weighted by atomic mass is 9.93. The molecule has 24 heavy (non-hydrogen) atoms. The molecule has 1 aliphatic carbocycles. The number of nitrogens with one attached hydrogen (secondary N) is 1. The van der Waals surface area contributed by atoms with Crippen molar-refractivity contribution in [3.05, 3.63) is 24.4 Å². The molecular weight excluding hydrogens is 306 g/mol. The van der Waals surface area contributed by atoms with Crippen LogP contribution in [0.15, 0.2) is 24.4 Å². The minimum atomic E-state index is -0.158. The van der Waals surface area contributed by atoms with Gasteiger partial charge in [-0.1, -0.05) is 12.1 Å². The van der Waals surface area contributed by atoms with Gasteiger partial charge >= 0.3 is 0 Å². The topological polar surface area (TPSA) is 76.5 Å². The van der Waals surface area contributed by atoms with Crippen LogP contribution < -0.4 is 10.1 Å². The SMILES string of the molecule is O[C@H]1CC[C@H](Nc2ncc3cccc(O[C@@H]4CCOC4)c3n2)CC1. The molecule has 1 atom stereocenters. The van der Waals surface area contributed by atoms with Crippen molar-refractivity contribution in [3.8, 4) is 5.75 Å². The Morgan fingerprint density at radius 3 is 2.83 bits per heavy atom. The third-order valence-electron chi connectivity index (χ3n) is 4.79. The van der Waals surface area contributed by atoms with E-state index in [1.165, 1.54) is 0 Å². The molecule has 2 N–H and O–H groups in total. The van der Waals surface area contributed by atoms with Gasteiger partial charge in [-0.2, -0.15) is 0 Å². The Bertz CT molecular complexity index is 695. The zero-order chi connectivity index (χ0) is 16.4. The van der Waals surface area contributed by atoms with Crippen LogP contribution in [0.25, 0.3) is 10.9 Å². The Labute approximate surface area is 141 Å². The van der Waals surface area contributed by atoms with Crippen LogP contribution in [-0.2, 0) is 4.74 Å². The number of aromatic nitrogens is 2. The minimum Gasteiger partial charge on any atom is -0.486 e. The van der Waals surface area contributed by atoms with E-state index < -0.39 is 0 Å². The number of para-hydroxylation sites is 1. The monoisotopic (exact) mass is 329 g/mol. The number of aliphatic hydroxyl groups is 1. The van der Waals surface area contributed by atoms with Crippen LogP contribution in [0.1, 0.15) is 32.1 Å². The lowest BCUT2D eigenvalue weighted by Gasteiger charge is -2.26. The largest absolute Gasteiger partial charge is 0.486 e. The number of hydrogen-bond donors (Lipinski definition) is 2. The van der Waals surface area contributed by atoms with Gasteiger partial charge in [-0.15, -0.1) is 0 Å². The molecule has 128 valence electrons. The molecule has 0 bridgehead atoms. The molecule has 4 rings (SSSR count). The summed E-state index contributed by atoms with van der Waals surface area (Å²) in [5, 5.41) is 14.0. The molecule has 0 unspecified atom stereocenters. The van der Waals surface area contributed by atoms with Gasteiger partial charge in [-0.3, -0.25) is 0 Å². The maximum atomic E-state index is 9.62. The summed E-state index contributed by atoms with van der Waals surface area (Å²) in [5.41, 5.74) is 0.831. The fraction of sp³-hybridized carbons (Fsp3) is 0.556. The second kappa shape index (κ2) is 6.91. The van der Waals surface area contributed by atoms with E-state index in [1.807, 2.05) is 24.4 Å². The van der Waals surface area contributed by atoms with E-state index in [4.69, 9.17) is 9.47 Å². The number of benzene rings is 1. The molecule has 2 aromatic rings. The standard InChI is InChI=1S/C18H23N3O3/c22-14-6-4-13(5-7-14)20-18-19-10-12-2-1-3-16(17(12)21-18)24-15-8-9-23-11-15/h1-3,10,13-15,22H,4-9,11H2,(H,19,20,21)/t13-,14-,15-/m1/s1. The molecule has 0 spiro atoms. The number of aliphatic hydroxyl groups excluding tert-OH is 1. The normalized spacial score (nSPS) is 27.3. The van der Waals surface area contributed by atoms with Crippen molar-refractivity contribution in [2.45, 2.75) is 50.4 Å². The van der Waals surface area contributed by atoms with Crippen LogP contribution in [-0.4, -0.2) is 46.5 Å². The average Bonchev–Trinajstić information content (AvgIpc) is 3.11. The molecule has 1 aromatic heterocycles. The Balaban J connectivity index is 1.54. The van der Waals surface area contributed by atoms with E-state index in [9.17, 15) is 5.11 Å². The van der Waals surface area contributed by atoms with Gasteiger partial charge in [-0.25, -0.2) is 9.97 Å². The highest BCUT2D eigenvalue weighted by molar-refractivity contribution is 5.84. The van der Waals surface area contributed by atoms with Crippen molar-refractivity contribution in [3.63, 3.8) is 0 Å².